The number of amides is 3. The summed E-state index contributed by atoms with van der Waals surface area (Å²) in [6, 6.07) is 14.7. The maximum absolute atomic E-state index is 14.1. The van der Waals surface area contributed by atoms with Crippen LogP contribution in [0.2, 0.25) is 0 Å². The lowest BCUT2D eigenvalue weighted by Gasteiger charge is -2.23. The normalized spacial score (nSPS) is 12.2. The molecule has 1 aliphatic rings. The summed E-state index contributed by atoms with van der Waals surface area (Å²) in [5.74, 6) is -0.621. The predicted octanol–water partition coefficient (Wildman–Crippen LogP) is 13.7. The van der Waals surface area contributed by atoms with Crippen LogP contribution in [-0.4, -0.2) is 69.5 Å². The van der Waals surface area contributed by atoms with Gasteiger partial charge in [0.25, 0.3) is 17.7 Å². The number of H-pyrrole nitrogens is 1. The van der Waals surface area contributed by atoms with E-state index in [-0.39, 0.29) is 23.3 Å². The molecule has 8 heteroatoms. The third kappa shape index (κ3) is 15.1. The van der Waals surface area contributed by atoms with E-state index in [4.69, 9.17) is 0 Å². The number of fused-ring (bicyclic) bond motifs is 1. The largest absolute Gasteiger partial charge is 0.494 e. The molecule has 0 radical (unpaired) electrons. The molecule has 3 amide bonds. The maximum atomic E-state index is 14.1. The molecule has 0 fully saturated rings. The first-order chi connectivity index (χ1) is 29.3. The first-order valence-electron chi connectivity index (χ1n) is 24.2. The molecule has 1 aromatic heterocycles. The van der Waals surface area contributed by atoms with E-state index in [1.807, 2.05) is 58.3 Å². The van der Waals surface area contributed by atoms with Crippen LogP contribution in [-0.2, 0) is 0 Å². The Morgan fingerprint density at radius 1 is 0.517 bits per heavy atom. The van der Waals surface area contributed by atoms with E-state index in [2.05, 4.69) is 37.7 Å². The summed E-state index contributed by atoms with van der Waals surface area (Å²) in [7, 11) is 0. The minimum Gasteiger partial charge on any atom is -0.494 e. The van der Waals surface area contributed by atoms with Crippen LogP contribution >= 0.6 is 0 Å². The van der Waals surface area contributed by atoms with E-state index in [0.717, 1.165) is 77.5 Å². The van der Waals surface area contributed by atoms with Crippen molar-refractivity contribution in [2.45, 2.75) is 182 Å². The van der Waals surface area contributed by atoms with Gasteiger partial charge in [0, 0.05) is 42.9 Å². The second-order valence-corrected chi connectivity index (χ2v) is 17.2. The quantitative estimate of drug-likeness (QED) is 0.0612. The van der Waals surface area contributed by atoms with Gasteiger partial charge < -0.3 is 19.9 Å². The Bertz CT molecular complexity index is 1740. The molecule has 330 valence electrons. The molecule has 0 bridgehead atoms. The topological polar surface area (TPSA) is 106 Å². The van der Waals surface area contributed by atoms with Crippen molar-refractivity contribution in [3.05, 3.63) is 76.3 Å². The fourth-order valence-corrected chi connectivity index (χ4v) is 8.50. The molecule has 0 saturated carbocycles. The van der Waals surface area contributed by atoms with Gasteiger partial charge in [-0.3, -0.25) is 14.4 Å². The van der Waals surface area contributed by atoms with Crippen molar-refractivity contribution >= 4 is 23.4 Å². The van der Waals surface area contributed by atoms with Gasteiger partial charge in [0.15, 0.2) is 5.88 Å². The first-order valence-corrected chi connectivity index (χ1v) is 24.2. The molecule has 2 aromatic carbocycles. The maximum Gasteiger partial charge on any atom is 0.280 e. The van der Waals surface area contributed by atoms with Crippen molar-refractivity contribution < 1.29 is 19.5 Å². The van der Waals surface area contributed by atoms with Gasteiger partial charge in [-0.15, -0.1) is 0 Å². The number of nitrogens with one attached hydrogen (secondary N) is 1. The lowest BCUT2D eigenvalue weighted by atomic mass is 9.98. The fourth-order valence-electron chi connectivity index (χ4n) is 8.50. The molecule has 0 spiro atoms. The molecule has 0 atom stereocenters. The Morgan fingerprint density at radius 3 is 1.30 bits per heavy atom. The average Bonchev–Trinajstić information content (AvgIpc) is 3.80. The lowest BCUT2D eigenvalue weighted by Crippen LogP contribution is -2.33. The van der Waals surface area contributed by atoms with Crippen LogP contribution in [0.1, 0.15) is 224 Å². The Morgan fingerprint density at radius 2 is 0.883 bits per heavy atom. The van der Waals surface area contributed by atoms with Gasteiger partial charge in [0.2, 0.25) is 0 Å². The third-order valence-corrected chi connectivity index (χ3v) is 12.1. The molecular weight excluding hydrogens is 745 g/mol. The highest BCUT2D eigenvalue weighted by Gasteiger charge is 2.34. The number of unbranched alkanes of at least 4 members (excludes halogenated alkanes) is 20. The smallest absolute Gasteiger partial charge is 0.280 e. The summed E-state index contributed by atoms with van der Waals surface area (Å²) >= 11 is 0. The fraction of sp³-hybridized carbons (Fsp3) is 0.615. The zero-order valence-electron chi connectivity index (χ0n) is 37.9. The number of aromatic hydroxyl groups is 1. The van der Waals surface area contributed by atoms with E-state index in [1.165, 1.54) is 103 Å². The Labute approximate surface area is 363 Å². The first kappa shape index (κ1) is 48.5. The monoisotopic (exact) mass is 823 g/mol. The number of aromatic nitrogens is 1. The number of aromatic amines is 1. The molecule has 4 rings (SSSR count). The van der Waals surface area contributed by atoms with Crippen molar-refractivity contribution in [3.63, 3.8) is 0 Å². The number of aliphatic imine (C=N–C) groups is 1. The average molecular weight is 823 g/mol. The van der Waals surface area contributed by atoms with Crippen LogP contribution in [0.25, 0.3) is 11.3 Å². The van der Waals surface area contributed by atoms with Crippen molar-refractivity contribution in [1.82, 2.24) is 14.8 Å². The Kier molecular flexibility index (Phi) is 22.3. The molecule has 8 nitrogen and oxygen atoms in total. The third-order valence-electron chi connectivity index (χ3n) is 12.1. The number of nitrogens with zero attached hydrogens (tertiary/aromatic N) is 3. The number of carbonyl (C=O) groups is 3. The van der Waals surface area contributed by atoms with Crippen molar-refractivity contribution in [2.24, 2.45) is 4.99 Å². The second-order valence-electron chi connectivity index (χ2n) is 17.2. The van der Waals surface area contributed by atoms with Crippen molar-refractivity contribution in [1.29, 1.82) is 0 Å². The highest BCUT2D eigenvalue weighted by Crippen LogP contribution is 2.38. The molecule has 0 saturated heterocycles. The lowest BCUT2D eigenvalue weighted by molar-refractivity contribution is 0.0741. The predicted molar refractivity (Wildman–Crippen MR) is 250 cm³/mol. The molecule has 60 heavy (non-hydrogen) atoms. The van der Waals surface area contributed by atoms with Crippen LogP contribution in [0.5, 0.6) is 5.88 Å². The van der Waals surface area contributed by atoms with Gasteiger partial charge in [-0.1, -0.05) is 180 Å². The van der Waals surface area contributed by atoms with Crippen molar-refractivity contribution in [2.75, 3.05) is 26.2 Å². The van der Waals surface area contributed by atoms with Crippen LogP contribution in [0, 0.1) is 0 Å². The summed E-state index contributed by atoms with van der Waals surface area (Å²) in [5, 5.41) is 11.4. The Balaban J connectivity index is 1.52. The molecule has 2 heterocycles. The second kappa shape index (κ2) is 27.6. The van der Waals surface area contributed by atoms with Gasteiger partial charge >= 0.3 is 0 Å². The van der Waals surface area contributed by atoms with E-state index < -0.39 is 5.91 Å². The molecular formula is C52H78N4O4. The number of hydrogen-bond donors (Lipinski definition) is 2. The van der Waals surface area contributed by atoms with Gasteiger partial charge in [-0.2, -0.15) is 0 Å². The molecule has 2 N–H and O–H groups in total. The SMILES string of the molecule is CCCCCCCCN(CCCCCCCC)C(=O)c1cccc(C2=NC(=O)c3c(-c4cccc(C(=O)N(CCCCCCCC)CCCCCCCC)c4)[nH]c(O)c32)c1. The standard InChI is InChI=1S/C52H78N4O4/c1-5-9-13-17-21-25-35-55(36-26-22-18-14-10-6-2)51(59)43-33-29-31-41(39-43)47-45-46(50(58)53-47)48(54-49(45)57)42-32-30-34-44(40-42)52(60)56(37-27-23-19-15-11-7-3)38-28-24-20-16-12-8-4/h29-34,39-40,53,58H,5-28,35-38H2,1-4H3. The number of carbonyl (C=O) groups excluding carboxylic acids is 3. The van der Waals surface area contributed by atoms with Gasteiger partial charge in [0.1, 0.15) is 0 Å². The van der Waals surface area contributed by atoms with Crippen molar-refractivity contribution in [3.8, 4) is 17.1 Å². The molecule has 3 aromatic rings. The van der Waals surface area contributed by atoms with E-state index in [9.17, 15) is 19.5 Å². The summed E-state index contributed by atoms with van der Waals surface area (Å²) in [5.41, 5.74) is 3.78. The molecule has 0 unspecified atom stereocenters. The summed E-state index contributed by atoms with van der Waals surface area (Å²) < 4.78 is 0. The van der Waals surface area contributed by atoms with Crippen LogP contribution in [0.15, 0.2) is 53.5 Å². The highest BCUT2D eigenvalue weighted by atomic mass is 16.3. The Hall–Kier alpha value is -4.20. The zero-order valence-corrected chi connectivity index (χ0v) is 37.9. The van der Waals surface area contributed by atoms with E-state index >= 15 is 0 Å². The number of rotatable bonds is 32. The van der Waals surface area contributed by atoms with Crippen LogP contribution in [0.4, 0.5) is 0 Å². The molecule has 1 aliphatic heterocycles. The van der Waals surface area contributed by atoms with Gasteiger partial charge in [-0.05, 0) is 55.5 Å². The summed E-state index contributed by atoms with van der Waals surface area (Å²) in [4.78, 5) is 53.4. The van der Waals surface area contributed by atoms with Crippen LogP contribution < -0.4 is 0 Å². The number of hydrogen-bond acceptors (Lipinski definition) is 4. The van der Waals surface area contributed by atoms with Gasteiger partial charge in [0.05, 0.1) is 22.5 Å². The minimum absolute atomic E-state index is 0.00170. The molecule has 0 aliphatic carbocycles. The highest BCUT2D eigenvalue weighted by molar-refractivity contribution is 6.30. The zero-order chi connectivity index (χ0) is 43.0. The van der Waals surface area contributed by atoms with Gasteiger partial charge in [-0.25, -0.2) is 4.99 Å². The summed E-state index contributed by atoms with van der Waals surface area (Å²) in [6.45, 7) is 11.8. The minimum atomic E-state index is -0.458. The van der Waals surface area contributed by atoms with Crippen LogP contribution in [0.3, 0.4) is 0 Å². The van der Waals surface area contributed by atoms with E-state index in [0.29, 0.717) is 39.2 Å². The number of benzene rings is 2. The van der Waals surface area contributed by atoms with E-state index in [1.54, 1.807) is 0 Å². The summed E-state index contributed by atoms with van der Waals surface area (Å²) in [6.07, 6.45) is 28.0.